The van der Waals surface area contributed by atoms with E-state index < -0.39 is 5.82 Å². The first-order chi connectivity index (χ1) is 11.1. The first-order valence-electron chi connectivity index (χ1n) is 6.73. The van der Waals surface area contributed by atoms with Crippen LogP contribution >= 0.6 is 34.7 Å². The number of nitrogens with zero attached hydrogens (tertiary/aromatic N) is 3. The van der Waals surface area contributed by atoms with Gasteiger partial charge in [0, 0.05) is 23.7 Å². The average Bonchev–Trinajstić information content (AvgIpc) is 3.12. The number of aliphatic imine (C=N–C) groups is 1. The highest BCUT2D eigenvalue weighted by Crippen LogP contribution is 2.35. The normalized spacial score (nSPS) is 18.4. The number of hydrogen-bond donors (Lipinski definition) is 0. The van der Waals surface area contributed by atoms with E-state index in [9.17, 15) is 9.18 Å². The maximum Gasteiger partial charge on any atom is 0.266 e. The number of carbonyl (C=O) groups is 1. The Bertz CT molecular complexity index is 785. The second-order valence-electron chi connectivity index (χ2n) is 4.50. The second kappa shape index (κ2) is 6.82. The Morgan fingerprint density at radius 3 is 2.96 bits per heavy atom. The molecule has 1 saturated heterocycles. The van der Waals surface area contributed by atoms with Gasteiger partial charge in [0.05, 0.1) is 9.93 Å². The molecule has 0 spiro atoms. The molecule has 8 heteroatoms. The molecule has 0 N–H and O–H groups in total. The van der Waals surface area contributed by atoms with E-state index in [1.165, 1.54) is 46.2 Å². The zero-order valence-corrected chi connectivity index (χ0v) is 14.4. The molecule has 0 unspecified atom stereocenters. The van der Waals surface area contributed by atoms with Crippen LogP contribution < -0.4 is 0 Å². The zero-order chi connectivity index (χ0) is 16.4. The molecule has 2 aromatic rings. The molecule has 23 heavy (non-hydrogen) atoms. The lowest BCUT2D eigenvalue weighted by Gasteiger charge is -2.11. The van der Waals surface area contributed by atoms with E-state index in [0.717, 1.165) is 0 Å². The summed E-state index contributed by atoms with van der Waals surface area (Å²) in [7, 11) is 0. The van der Waals surface area contributed by atoms with Crippen LogP contribution in [-0.4, -0.2) is 27.5 Å². The smallest absolute Gasteiger partial charge is 0.266 e. The number of carbonyl (C=O) groups excluding carboxylic acids is 1. The van der Waals surface area contributed by atoms with Gasteiger partial charge in [0.2, 0.25) is 5.13 Å². The number of aromatic nitrogens is 1. The Hall–Kier alpha value is -1.70. The lowest BCUT2D eigenvalue weighted by molar-refractivity contribution is -0.122. The Labute approximate surface area is 145 Å². The summed E-state index contributed by atoms with van der Waals surface area (Å²) in [6.45, 7) is 2.33. The summed E-state index contributed by atoms with van der Waals surface area (Å²) in [5.74, 6) is -0.682. The van der Waals surface area contributed by atoms with E-state index in [4.69, 9.17) is 11.6 Å². The molecule has 1 fully saturated rings. The lowest BCUT2D eigenvalue weighted by atomic mass is 10.2. The van der Waals surface area contributed by atoms with Gasteiger partial charge in [0.1, 0.15) is 5.82 Å². The maximum atomic E-state index is 13.9. The van der Waals surface area contributed by atoms with Crippen molar-refractivity contribution in [2.24, 2.45) is 4.99 Å². The van der Waals surface area contributed by atoms with Crippen LogP contribution in [0.3, 0.4) is 0 Å². The van der Waals surface area contributed by atoms with Crippen LogP contribution in [0.5, 0.6) is 0 Å². The van der Waals surface area contributed by atoms with E-state index in [0.29, 0.717) is 21.7 Å². The number of hydrogen-bond acceptors (Lipinski definition) is 5. The average molecular weight is 368 g/mol. The summed E-state index contributed by atoms with van der Waals surface area (Å²) in [6, 6.07) is 4.42. The van der Waals surface area contributed by atoms with Crippen molar-refractivity contribution in [2.45, 2.75) is 6.92 Å². The van der Waals surface area contributed by atoms with Crippen molar-refractivity contribution in [3.8, 4) is 0 Å². The SMILES string of the molecule is CCN1C(=O)/C(=C/c2c(F)cccc2Cl)S/C1=N/c1nccs1. The van der Waals surface area contributed by atoms with Crippen LogP contribution in [0.1, 0.15) is 12.5 Å². The minimum absolute atomic E-state index is 0.205. The number of benzene rings is 1. The van der Waals surface area contributed by atoms with Gasteiger partial charge in [-0.05, 0) is 36.9 Å². The van der Waals surface area contributed by atoms with E-state index in [2.05, 4.69) is 9.98 Å². The third-order valence-corrected chi connectivity index (χ3v) is 5.09. The topological polar surface area (TPSA) is 45.6 Å². The van der Waals surface area contributed by atoms with Crippen LogP contribution in [0, 0.1) is 5.82 Å². The molecule has 4 nitrogen and oxygen atoms in total. The summed E-state index contributed by atoms with van der Waals surface area (Å²) in [4.78, 5) is 22.9. The first kappa shape index (κ1) is 16.2. The first-order valence-corrected chi connectivity index (χ1v) is 8.81. The molecule has 0 radical (unpaired) electrons. The maximum absolute atomic E-state index is 13.9. The molecule has 1 amide bonds. The van der Waals surface area contributed by atoms with E-state index in [1.807, 2.05) is 12.3 Å². The Morgan fingerprint density at radius 2 is 2.30 bits per heavy atom. The summed E-state index contributed by atoms with van der Waals surface area (Å²) >= 11 is 8.59. The van der Waals surface area contributed by atoms with Gasteiger partial charge in [-0.3, -0.25) is 9.69 Å². The molecule has 1 aliphatic heterocycles. The highest BCUT2D eigenvalue weighted by molar-refractivity contribution is 8.18. The van der Waals surface area contributed by atoms with Gasteiger partial charge in [-0.2, -0.15) is 4.99 Å². The van der Waals surface area contributed by atoms with Crippen LogP contribution in [0.25, 0.3) is 6.08 Å². The van der Waals surface area contributed by atoms with Crippen molar-refractivity contribution in [3.05, 3.63) is 51.1 Å². The minimum atomic E-state index is -0.466. The van der Waals surface area contributed by atoms with Gasteiger partial charge < -0.3 is 0 Å². The largest absolute Gasteiger partial charge is 0.287 e. The van der Waals surface area contributed by atoms with Crippen molar-refractivity contribution in [1.82, 2.24) is 9.88 Å². The molecule has 0 aliphatic carbocycles. The van der Waals surface area contributed by atoms with Crippen molar-refractivity contribution in [1.29, 1.82) is 0 Å². The third kappa shape index (κ3) is 3.31. The summed E-state index contributed by atoms with van der Waals surface area (Å²) in [6.07, 6.45) is 3.12. The summed E-state index contributed by atoms with van der Waals surface area (Å²) in [5, 5.41) is 3.18. The number of rotatable bonds is 3. The lowest BCUT2D eigenvalue weighted by Crippen LogP contribution is -2.28. The third-order valence-electron chi connectivity index (χ3n) is 3.09. The van der Waals surface area contributed by atoms with E-state index >= 15 is 0 Å². The Balaban J connectivity index is 1.99. The molecule has 3 rings (SSSR count). The molecule has 1 aromatic heterocycles. The molecule has 1 aliphatic rings. The van der Waals surface area contributed by atoms with Gasteiger partial charge in [-0.15, -0.1) is 11.3 Å². The number of thiazole rings is 1. The number of halogens is 2. The zero-order valence-electron chi connectivity index (χ0n) is 12.0. The fourth-order valence-corrected chi connectivity index (χ4v) is 3.81. The van der Waals surface area contributed by atoms with Crippen LogP contribution in [-0.2, 0) is 4.79 Å². The second-order valence-corrected chi connectivity index (χ2v) is 6.79. The molecule has 0 saturated carbocycles. The number of likely N-dealkylation sites (N-methyl/N-ethyl adjacent to an activating group) is 1. The molecule has 118 valence electrons. The highest BCUT2D eigenvalue weighted by Gasteiger charge is 2.32. The number of amides is 1. The standard InChI is InChI=1S/C15H11ClFN3OS2/c1-2-20-13(21)12(8-9-10(16)4-3-5-11(9)17)23-15(20)19-14-18-6-7-22-14/h3-8H,2H2,1H3/b12-8-,19-15+. The van der Waals surface area contributed by atoms with Crippen LogP contribution in [0.4, 0.5) is 9.52 Å². The summed E-state index contributed by atoms with van der Waals surface area (Å²) < 4.78 is 13.9. The summed E-state index contributed by atoms with van der Waals surface area (Å²) in [5.41, 5.74) is 0.205. The molecular weight excluding hydrogens is 357 g/mol. The molecule has 1 aromatic carbocycles. The van der Waals surface area contributed by atoms with Crippen molar-refractivity contribution < 1.29 is 9.18 Å². The van der Waals surface area contributed by atoms with Gasteiger partial charge in [-0.25, -0.2) is 9.37 Å². The van der Waals surface area contributed by atoms with Gasteiger partial charge in [0.25, 0.3) is 5.91 Å². The van der Waals surface area contributed by atoms with Crippen LogP contribution in [0.15, 0.2) is 39.7 Å². The van der Waals surface area contributed by atoms with Gasteiger partial charge >= 0.3 is 0 Å². The molecule has 2 heterocycles. The van der Waals surface area contributed by atoms with Crippen molar-refractivity contribution in [3.63, 3.8) is 0 Å². The van der Waals surface area contributed by atoms with E-state index in [-0.39, 0.29) is 16.5 Å². The van der Waals surface area contributed by atoms with Crippen molar-refractivity contribution in [2.75, 3.05) is 6.54 Å². The predicted octanol–water partition coefficient (Wildman–Crippen LogP) is 4.56. The molecule has 0 bridgehead atoms. The van der Waals surface area contributed by atoms with Crippen molar-refractivity contribution >= 4 is 57.0 Å². The van der Waals surface area contributed by atoms with Gasteiger partial charge in [0.15, 0.2) is 5.17 Å². The minimum Gasteiger partial charge on any atom is -0.287 e. The monoisotopic (exact) mass is 367 g/mol. The Morgan fingerprint density at radius 1 is 1.48 bits per heavy atom. The fraction of sp³-hybridized carbons (Fsp3) is 0.133. The van der Waals surface area contributed by atoms with Gasteiger partial charge in [-0.1, -0.05) is 17.7 Å². The molecule has 0 atom stereocenters. The number of amidine groups is 1. The predicted molar refractivity (Wildman–Crippen MR) is 93.6 cm³/mol. The van der Waals surface area contributed by atoms with E-state index in [1.54, 1.807) is 12.3 Å². The quantitative estimate of drug-likeness (QED) is 0.747. The highest BCUT2D eigenvalue weighted by atomic mass is 35.5. The number of thioether (sulfide) groups is 1. The molecular formula is C15H11ClFN3OS2. The van der Waals surface area contributed by atoms with Crippen LogP contribution in [0.2, 0.25) is 5.02 Å². The fourth-order valence-electron chi connectivity index (χ4n) is 2.00. The Kier molecular flexibility index (Phi) is 4.79.